The molecule has 0 spiro atoms. The summed E-state index contributed by atoms with van der Waals surface area (Å²) >= 11 is 0. The Morgan fingerprint density at radius 3 is 3.06 bits per heavy atom. The number of nitrogens with one attached hydrogen (secondary N) is 1. The molecule has 3 heterocycles. The number of hydrogen-bond donors (Lipinski definition) is 1. The molecule has 1 aliphatic heterocycles. The molecule has 4 aromatic rings. The average molecular weight is 433 g/mol. The number of fused-ring (bicyclic) bond motifs is 1. The number of ether oxygens (including phenoxy) is 1. The minimum absolute atomic E-state index is 0.0496. The largest absolute Gasteiger partial charge is 0.497 e. The van der Waals surface area contributed by atoms with Crippen molar-refractivity contribution in [2.75, 3.05) is 20.2 Å². The van der Waals surface area contributed by atoms with Gasteiger partial charge in [-0.25, -0.2) is 9.37 Å². The molecule has 1 fully saturated rings. The van der Waals surface area contributed by atoms with Crippen molar-refractivity contribution in [2.24, 2.45) is 0 Å². The molecule has 5 rings (SSSR count). The number of amides is 1. The average Bonchev–Trinajstić information content (AvgIpc) is 3.45. The number of halogens is 1. The summed E-state index contributed by atoms with van der Waals surface area (Å²) in [4.78, 5) is 22.5. The lowest BCUT2D eigenvalue weighted by atomic mass is 9.97. The van der Waals surface area contributed by atoms with Crippen molar-refractivity contribution in [3.05, 3.63) is 83.5 Å². The summed E-state index contributed by atoms with van der Waals surface area (Å²) in [5.41, 5.74) is 2.30. The van der Waals surface area contributed by atoms with Crippen LogP contribution in [0.2, 0.25) is 0 Å². The van der Waals surface area contributed by atoms with Gasteiger partial charge in [-0.3, -0.25) is 4.79 Å². The van der Waals surface area contributed by atoms with Crippen molar-refractivity contribution in [3.8, 4) is 5.75 Å². The van der Waals surface area contributed by atoms with Crippen molar-refractivity contribution < 1.29 is 18.3 Å². The monoisotopic (exact) mass is 433 g/mol. The highest BCUT2D eigenvalue weighted by atomic mass is 19.1. The van der Waals surface area contributed by atoms with Crippen LogP contribution in [0.5, 0.6) is 5.75 Å². The van der Waals surface area contributed by atoms with Crippen molar-refractivity contribution in [1.29, 1.82) is 0 Å². The van der Waals surface area contributed by atoms with E-state index in [-0.39, 0.29) is 17.6 Å². The third-order valence-corrected chi connectivity index (χ3v) is 5.95. The van der Waals surface area contributed by atoms with Gasteiger partial charge in [0.25, 0.3) is 5.91 Å². The number of methoxy groups -OCH3 is 1. The highest BCUT2D eigenvalue weighted by Gasteiger charge is 2.29. The second-order valence-corrected chi connectivity index (χ2v) is 8.20. The van der Waals surface area contributed by atoms with Crippen LogP contribution in [0.25, 0.3) is 10.9 Å². The van der Waals surface area contributed by atoms with Crippen molar-refractivity contribution in [2.45, 2.75) is 25.2 Å². The van der Waals surface area contributed by atoms with E-state index in [9.17, 15) is 9.18 Å². The lowest BCUT2D eigenvalue weighted by Gasteiger charge is -2.31. The number of carbonyl (C=O) groups is 1. The van der Waals surface area contributed by atoms with E-state index >= 15 is 0 Å². The molecule has 1 amide bonds. The molecule has 1 N–H and O–H groups in total. The summed E-state index contributed by atoms with van der Waals surface area (Å²) in [6.45, 7) is 1.22. The van der Waals surface area contributed by atoms with E-state index in [1.54, 1.807) is 25.4 Å². The minimum atomic E-state index is -0.317. The maximum absolute atomic E-state index is 13.5. The van der Waals surface area contributed by atoms with Crippen LogP contribution in [-0.4, -0.2) is 41.0 Å². The number of oxazole rings is 1. The first kappa shape index (κ1) is 20.3. The van der Waals surface area contributed by atoms with E-state index in [0.717, 1.165) is 35.4 Å². The summed E-state index contributed by atoms with van der Waals surface area (Å²) in [6.07, 6.45) is 4.19. The molecular weight excluding hydrogens is 409 g/mol. The van der Waals surface area contributed by atoms with Crippen LogP contribution in [0.4, 0.5) is 4.39 Å². The number of piperidine rings is 1. The molecule has 0 aliphatic carbocycles. The molecule has 2 aromatic heterocycles. The third kappa shape index (κ3) is 4.10. The molecule has 0 saturated carbocycles. The number of rotatable bonds is 5. The number of H-pyrrole nitrogens is 1. The zero-order chi connectivity index (χ0) is 22.1. The summed E-state index contributed by atoms with van der Waals surface area (Å²) < 4.78 is 24.8. The Balaban J connectivity index is 1.28. The van der Waals surface area contributed by atoms with E-state index in [1.807, 2.05) is 29.2 Å². The topological polar surface area (TPSA) is 71.4 Å². The van der Waals surface area contributed by atoms with Gasteiger partial charge in [0, 0.05) is 30.4 Å². The fourth-order valence-electron chi connectivity index (χ4n) is 4.33. The molecular formula is C25H24FN3O3. The zero-order valence-electron chi connectivity index (χ0n) is 17.8. The molecule has 1 aliphatic rings. The number of nitrogens with zero attached hydrogens (tertiary/aromatic N) is 2. The Kier molecular flexibility index (Phi) is 5.39. The number of aromatic amines is 1. The molecule has 2 aromatic carbocycles. The first-order valence-corrected chi connectivity index (χ1v) is 10.7. The van der Waals surface area contributed by atoms with Crippen LogP contribution in [0.15, 0.2) is 59.1 Å². The standard InChI is InChI=1S/C25H24FN3O3/c1-31-20-6-2-4-16(10-20)11-21-14-27-24(32-21)17-5-3-9-29(15-17)25(30)23-13-18-12-19(26)7-8-22(18)28-23/h2,4,6-8,10,12-14,17,28H,3,5,9,11,15H2,1H3. The molecule has 32 heavy (non-hydrogen) atoms. The smallest absolute Gasteiger partial charge is 0.270 e. The van der Waals surface area contributed by atoms with Crippen LogP contribution in [-0.2, 0) is 6.42 Å². The molecule has 6 nitrogen and oxygen atoms in total. The van der Waals surface area contributed by atoms with Gasteiger partial charge in [-0.1, -0.05) is 12.1 Å². The van der Waals surface area contributed by atoms with Crippen molar-refractivity contribution in [3.63, 3.8) is 0 Å². The zero-order valence-corrected chi connectivity index (χ0v) is 17.8. The first-order valence-electron chi connectivity index (χ1n) is 10.7. The number of hydrogen-bond acceptors (Lipinski definition) is 4. The van der Waals surface area contributed by atoms with Gasteiger partial charge in [0.2, 0.25) is 0 Å². The molecule has 0 bridgehead atoms. The van der Waals surface area contributed by atoms with Gasteiger partial charge in [0.1, 0.15) is 23.0 Å². The first-order chi connectivity index (χ1) is 15.6. The Morgan fingerprint density at radius 2 is 2.19 bits per heavy atom. The lowest BCUT2D eigenvalue weighted by molar-refractivity contribution is 0.0693. The van der Waals surface area contributed by atoms with Gasteiger partial charge >= 0.3 is 0 Å². The predicted octanol–water partition coefficient (Wildman–Crippen LogP) is 4.91. The van der Waals surface area contributed by atoms with Gasteiger partial charge in [0.15, 0.2) is 5.89 Å². The third-order valence-electron chi connectivity index (χ3n) is 5.95. The lowest BCUT2D eigenvalue weighted by Crippen LogP contribution is -2.39. The van der Waals surface area contributed by atoms with E-state index in [1.165, 1.54) is 12.1 Å². The maximum Gasteiger partial charge on any atom is 0.270 e. The fraction of sp³-hybridized carbons (Fsp3) is 0.280. The van der Waals surface area contributed by atoms with Crippen LogP contribution >= 0.6 is 0 Å². The second kappa shape index (κ2) is 8.49. The SMILES string of the molecule is COc1cccc(Cc2cnc(C3CCCN(C(=O)c4cc5cc(F)ccc5[nH]4)C3)o2)c1. The van der Waals surface area contributed by atoms with Crippen LogP contribution in [0.3, 0.4) is 0 Å². The Morgan fingerprint density at radius 1 is 1.28 bits per heavy atom. The number of benzene rings is 2. The molecule has 0 radical (unpaired) electrons. The van der Waals surface area contributed by atoms with Gasteiger partial charge in [-0.2, -0.15) is 0 Å². The Hall–Kier alpha value is -3.61. The molecule has 164 valence electrons. The Labute approximate surface area is 185 Å². The normalized spacial score (nSPS) is 16.4. The molecule has 1 unspecified atom stereocenters. The van der Waals surface area contributed by atoms with E-state index in [0.29, 0.717) is 36.5 Å². The summed E-state index contributed by atoms with van der Waals surface area (Å²) in [7, 11) is 1.65. The summed E-state index contributed by atoms with van der Waals surface area (Å²) in [5.74, 6) is 1.90. The molecule has 1 saturated heterocycles. The highest BCUT2D eigenvalue weighted by molar-refractivity contribution is 5.98. The van der Waals surface area contributed by atoms with Gasteiger partial charge in [-0.15, -0.1) is 0 Å². The van der Waals surface area contributed by atoms with Gasteiger partial charge < -0.3 is 19.0 Å². The van der Waals surface area contributed by atoms with E-state index in [2.05, 4.69) is 9.97 Å². The summed E-state index contributed by atoms with van der Waals surface area (Å²) in [5, 5.41) is 0.691. The molecule has 7 heteroatoms. The molecule has 1 atom stereocenters. The highest BCUT2D eigenvalue weighted by Crippen LogP contribution is 2.29. The fourth-order valence-corrected chi connectivity index (χ4v) is 4.33. The van der Waals surface area contributed by atoms with Crippen molar-refractivity contribution >= 4 is 16.8 Å². The van der Waals surface area contributed by atoms with Crippen LogP contribution in [0.1, 0.15) is 46.5 Å². The van der Waals surface area contributed by atoms with Crippen molar-refractivity contribution in [1.82, 2.24) is 14.9 Å². The van der Waals surface area contributed by atoms with Gasteiger partial charge in [-0.05, 0) is 54.8 Å². The number of likely N-dealkylation sites (tertiary alicyclic amines) is 1. The minimum Gasteiger partial charge on any atom is -0.497 e. The number of carbonyl (C=O) groups excluding carboxylic acids is 1. The van der Waals surface area contributed by atoms with Crippen LogP contribution in [0, 0.1) is 5.82 Å². The van der Waals surface area contributed by atoms with Crippen LogP contribution < -0.4 is 4.74 Å². The summed E-state index contributed by atoms with van der Waals surface area (Å²) in [6, 6.07) is 14.0. The van der Waals surface area contributed by atoms with E-state index in [4.69, 9.17) is 9.15 Å². The quantitative estimate of drug-likeness (QED) is 0.485. The Bertz CT molecular complexity index is 1260. The van der Waals surface area contributed by atoms with E-state index < -0.39 is 0 Å². The maximum atomic E-state index is 13.5. The second-order valence-electron chi connectivity index (χ2n) is 8.20. The predicted molar refractivity (Wildman–Crippen MR) is 118 cm³/mol. The van der Waals surface area contributed by atoms with Gasteiger partial charge in [0.05, 0.1) is 19.2 Å². The number of aromatic nitrogens is 2.